The Labute approximate surface area is 122 Å². The van der Waals surface area contributed by atoms with E-state index in [1.54, 1.807) is 12.3 Å². The summed E-state index contributed by atoms with van der Waals surface area (Å²) in [6, 6.07) is 7.26. The average molecular weight is 290 g/mol. The van der Waals surface area contributed by atoms with Crippen LogP contribution in [0.1, 0.15) is 19.3 Å². The molecule has 1 aromatic heterocycles. The lowest BCUT2D eigenvalue weighted by Crippen LogP contribution is -2.43. The fraction of sp³-hybridized carbons (Fsp3) is 0.333. The van der Waals surface area contributed by atoms with Crippen molar-refractivity contribution < 1.29 is 4.79 Å². The van der Waals surface area contributed by atoms with Crippen LogP contribution in [0.15, 0.2) is 30.5 Å². The first-order valence-corrected chi connectivity index (χ1v) is 7.20. The van der Waals surface area contributed by atoms with Gasteiger partial charge in [-0.3, -0.25) is 9.78 Å². The van der Waals surface area contributed by atoms with Gasteiger partial charge in [-0.05, 0) is 37.6 Å². The maximum Gasteiger partial charge on any atom is 0.241 e. The summed E-state index contributed by atoms with van der Waals surface area (Å²) in [5, 5.41) is 7.70. The number of carbonyl (C=O) groups is 1. The standard InChI is InChI=1S/C15H16ClN3O/c16-11-8-10-4-3-7-18-14(10)13(9-11)19-15(20)12-5-1-2-6-17-12/h3-4,7-9,12,17H,1-2,5-6H2,(H,19,20)/t12-/m0/s1. The molecule has 2 N–H and O–H groups in total. The maximum atomic E-state index is 12.3. The number of nitrogens with zero attached hydrogens (tertiary/aromatic N) is 1. The quantitative estimate of drug-likeness (QED) is 0.894. The number of amides is 1. The molecule has 3 rings (SSSR count). The van der Waals surface area contributed by atoms with Crippen LogP contribution in [0.25, 0.3) is 10.9 Å². The van der Waals surface area contributed by atoms with Crippen LogP contribution in [0.5, 0.6) is 0 Å². The minimum absolute atomic E-state index is 0.0149. The molecule has 1 saturated heterocycles. The van der Waals surface area contributed by atoms with Crippen molar-refractivity contribution in [2.24, 2.45) is 0 Å². The van der Waals surface area contributed by atoms with Crippen molar-refractivity contribution >= 4 is 34.1 Å². The highest BCUT2D eigenvalue weighted by atomic mass is 35.5. The third-order valence-electron chi connectivity index (χ3n) is 3.55. The number of anilines is 1. The molecule has 1 aliphatic rings. The maximum absolute atomic E-state index is 12.3. The predicted molar refractivity (Wildman–Crippen MR) is 81.0 cm³/mol. The van der Waals surface area contributed by atoms with Gasteiger partial charge in [0.2, 0.25) is 5.91 Å². The zero-order valence-electron chi connectivity index (χ0n) is 11.0. The smallest absolute Gasteiger partial charge is 0.241 e. The highest BCUT2D eigenvalue weighted by Crippen LogP contribution is 2.26. The van der Waals surface area contributed by atoms with Gasteiger partial charge in [-0.2, -0.15) is 0 Å². The Balaban J connectivity index is 1.88. The number of hydrogen-bond acceptors (Lipinski definition) is 3. The summed E-state index contributed by atoms with van der Waals surface area (Å²) in [6.45, 7) is 0.895. The summed E-state index contributed by atoms with van der Waals surface area (Å²) >= 11 is 6.10. The van der Waals surface area contributed by atoms with E-state index in [4.69, 9.17) is 11.6 Å². The minimum Gasteiger partial charge on any atom is -0.323 e. The molecule has 0 aliphatic carbocycles. The van der Waals surface area contributed by atoms with Gasteiger partial charge < -0.3 is 10.6 Å². The number of aromatic nitrogens is 1. The minimum atomic E-state index is -0.124. The van der Waals surface area contributed by atoms with Crippen molar-refractivity contribution in [3.8, 4) is 0 Å². The van der Waals surface area contributed by atoms with Crippen LogP contribution in [0.4, 0.5) is 5.69 Å². The first kappa shape index (κ1) is 13.3. The van der Waals surface area contributed by atoms with Crippen molar-refractivity contribution in [1.29, 1.82) is 0 Å². The summed E-state index contributed by atoms with van der Waals surface area (Å²) < 4.78 is 0. The first-order valence-electron chi connectivity index (χ1n) is 6.82. The van der Waals surface area contributed by atoms with Crippen LogP contribution >= 0.6 is 11.6 Å². The van der Waals surface area contributed by atoms with Crippen molar-refractivity contribution in [1.82, 2.24) is 10.3 Å². The lowest BCUT2D eigenvalue weighted by Gasteiger charge is -2.22. The second-order valence-electron chi connectivity index (χ2n) is 5.02. The zero-order valence-corrected chi connectivity index (χ0v) is 11.8. The van der Waals surface area contributed by atoms with Crippen LogP contribution in [0.3, 0.4) is 0 Å². The molecule has 2 aromatic rings. The van der Waals surface area contributed by atoms with Crippen molar-refractivity contribution in [2.75, 3.05) is 11.9 Å². The fourth-order valence-electron chi connectivity index (χ4n) is 2.55. The summed E-state index contributed by atoms with van der Waals surface area (Å²) in [4.78, 5) is 16.6. The van der Waals surface area contributed by atoms with E-state index < -0.39 is 0 Å². The third-order valence-corrected chi connectivity index (χ3v) is 3.77. The normalized spacial score (nSPS) is 18.9. The number of nitrogens with one attached hydrogen (secondary N) is 2. The molecule has 1 atom stereocenters. The van der Waals surface area contributed by atoms with Gasteiger partial charge in [-0.15, -0.1) is 0 Å². The van der Waals surface area contributed by atoms with Crippen LogP contribution < -0.4 is 10.6 Å². The highest BCUT2D eigenvalue weighted by molar-refractivity contribution is 6.32. The molecule has 1 amide bonds. The molecule has 0 unspecified atom stereocenters. The molecule has 0 bridgehead atoms. The number of hydrogen-bond donors (Lipinski definition) is 2. The molecule has 4 nitrogen and oxygen atoms in total. The van der Waals surface area contributed by atoms with Crippen molar-refractivity contribution in [3.63, 3.8) is 0 Å². The van der Waals surface area contributed by atoms with Crippen molar-refractivity contribution in [3.05, 3.63) is 35.5 Å². The summed E-state index contributed by atoms with van der Waals surface area (Å²) in [7, 11) is 0. The Bertz CT molecular complexity index is 638. The summed E-state index contributed by atoms with van der Waals surface area (Å²) in [5.74, 6) is -0.0149. The van der Waals surface area contributed by atoms with E-state index in [0.29, 0.717) is 10.7 Å². The largest absolute Gasteiger partial charge is 0.323 e. The highest BCUT2D eigenvalue weighted by Gasteiger charge is 2.21. The summed E-state index contributed by atoms with van der Waals surface area (Å²) in [5.41, 5.74) is 1.44. The number of pyridine rings is 1. The first-order chi connectivity index (χ1) is 9.74. The monoisotopic (exact) mass is 289 g/mol. The van der Waals surface area contributed by atoms with Gasteiger partial charge in [0.05, 0.1) is 17.2 Å². The number of halogens is 1. The lowest BCUT2D eigenvalue weighted by molar-refractivity contribution is -0.118. The molecule has 2 heterocycles. The van der Waals surface area contributed by atoms with Crippen LogP contribution in [-0.2, 0) is 4.79 Å². The number of piperidine rings is 1. The van der Waals surface area contributed by atoms with E-state index in [9.17, 15) is 4.79 Å². The molecule has 5 heteroatoms. The summed E-state index contributed by atoms with van der Waals surface area (Å²) in [6.07, 6.45) is 4.80. The Hall–Kier alpha value is -1.65. The van der Waals surface area contributed by atoms with Crippen LogP contribution in [0, 0.1) is 0 Å². The van der Waals surface area contributed by atoms with Gasteiger partial charge in [-0.1, -0.05) is 24.1 Å². The second kappa shape index (κ2) is 5.77. The van der Waals surface area contributed by atoms with E-state index >= 15 is 0 Å². The van der Waals surface area contributed by atoms with E-state index in [-0.39, 0.29) is 11.9 Å². The van der Waals surface area contributed by atoms with E-state index in [2.05, 4.69) is 15.6 Å². The number of rotatable bonds is 2. The zero-order chi connectivity index (χ0) is 13.9. The molecule has 0 saturated carbocycles. The average Bonchev–Trinajstić information content (AvgIpc) is 2.48. The molecular formula is C15H16ClN3O. The van der Waals surface area contributed by atoms with Gasteiger partial charge >= 0.3 is 0 Å². The van der Waals surface area contributed by atoms with Crippen molar-refractivity contribution in [2.45, 2.75) is 25.3 Å². The molecular weight excluding hydrogens is 274 g/mol. The molecule has 0 radical (unpaired) electrons. The SMILES string of the molecule is O=C(Nc1cc(Cl)cc2cccnc12)[C@@H]1CCCCN1. The number of benzene rings is 1. The van der Waals surface area contributed by atoms with Gasteiger partial charge in [0.1, 0.15) is 0 Å². The van der Waals surface area contributed by atoms with E-state index in [1.807, 2.05) is 18.2 Å². The molecule has 1 aliphatic heterocycles. The lowest BCUT2D eigenvalue weighted by atomic mass is 10.0. The van der Waals surface area contributed by atoms with Crippen LogP contribution in [-0.4, -0.2) is 23.5 Å². The van der Waals surface area contributed by atoms with Crippen LogP contribution in [0.2, 0.25) is 5.02 Å². The van der Waals surface area contributed by atoms with E-state index in [1.165, 1.54) is 0 Å². The number of fused-ring (bicyclic) bond motifs is 1. The predicted octanol–water partition coefficient (Wildman–Crippen LogP) is 2.97. The van der Waals surface area contributed by atoms with E-state index in [0.717, 1.165) is 36.7 Å². The Morgan fingerprint density at radius 3 is 3.10 bits per heavy atom. The number of carbonyl (C=O) groups excluding carboxylic acids is 1. The van der Waals surface area contributed by atoms with Gasteiger partial charge in [0.15, 0.2) is 0 Å². The van der Waals surface area contributed by atoms with Gasteiger partial charge in [0.25, 0.3) is 0 Å². The molecule has 1 aromatic carbocycles. The molecule has 20 heavy (non-hydrogen) atoms. The van der Waals surface area contributed by atoms with Gasteiger partial charge in [-0.25, -0.2) is 0 Å². The molecule has 104 valence electrons. The fourth-order valence-corrected chi connectivity index (χ4v) is 2.77. The Kier molecular flexibility index (Phi) is 3.85. The molecule has 1 fully saturated rings. The molecule has 0 spiro atoms. The van der Waals surface area contributed by atoms with Gasteiger partial charge in [0, 0.05) is 16.6 Å². The topological polar surface area (TPSA) is 54.0 Å². The third kappa shape index (κ3) is 2.76. The Morgan fingerprint density at radius 1 is 1.40 bits per heavy atom. The Morgan fingerprint density at radius 2 is 2.30 bits per heavy atom. The second-order valence-corrected chi connectivity index (χ2v) is 5.46.